The maximum absolute atomic E-state index is 6.19. The highest BCUT2D eigenvalue weighted by atomic mass is 15.0. The van der Waals surface area contributed by atoms with Crippen molar-refractivity contribution in [3.63, 3.8) is 0 Å². The van der Waals surface area contributed by atoms with Gasteiger partial charge in [0, 0.05) is 17.8 Å². The molecule has 0 heterocycles. The zero-order valence-electron chi connectivity index (χ0n) is 12.7. The van der Waals surface area contributed by atoms with E-state index in [0.717, 1.165) is 18.0 Å². The number of nitrogens with one attached hydrogen (secondary N) is 1. The van der Waals surface area contributed by atoms with E-state index in [-0.39, 0.29) is 6.04 Å². The zero-order chi connectivity index (χ0) is 14.1. The van der Waals surface area contributed by atoms with Gasteiger partial charge in [0.1, 0.15) is 0 Å². The Morgan fingerprint density at radius 3 is 2.63 bits per heavy atom. The molecular weight excluding hydrogens is 232 g/mol. The molecule has 2 atom stereocenters. The maximum Gasteiger partial charge on any atom is 0.0447 e. The molecule has 0 saturated heterocycles. The second-order valence-electron chi connectivity index (χ2n) is 6.01. The Kier molecular flexibility index (Phi) is 7.88. The van der Waals surface area contributed by atoms with Crippen LogP contribution < -0.4 is 11.1 Å². The average Bonchev–Trinajstić information content (AvgIpc) is 2.44. The summed E-state index contributed by atoms with van der Waals surface area (Å²) >= 11 is 0. The number of nitrogens with two attached hydrogens (primary N) is 1. The van der Waals surface area contributed by atoms with Crippen molar-refractivity contribution in [1.82, 2.24) is 5.32 Å². The number of rotatable bonds is 9. The lowest BCUT2D eigenvalue weighted by molar-refractivity contribution is 0.295. The lowest BCUT2D eigenvalue weighted by Gasteiger charge is -2.31. The summed E-state index contributed by atoms with van der Waals surface area (Å²) in [7, 11) is 0. The van der Waals surface area contributed by atoms with Crippen LogP contribution in [0.1, 0.15) is 64.7 Å². The first-order valence-electron chi connectivity index (χ1n) is 7.99. The molecule has 0 radical (unpaired) electrons. The number of allylic oxidation sites excluding steroid dienone is 1. The number of hydrogen-bond acceptors (Lipinski definition) is 2. The second kappa shape index (κ2) is 9.19. The van der Waals surface area contributed by atoms with Gasteiger partial charge in [-0.15, -0.1) is 6.58 Å². The normalized spacial score (nSPS) is 19.7. The fourth-order valence-electron chi connectivity index (χ4n) is 2.98. The Hall–Kier alpha value is -0.760. The Morgan fingerprint density at radius 1 is 1.37 bits per heavy atom. The van der Waals surface area contributed by atoms with Crippen molar-refractivity contribution in [1.29, 1.82) is 0 Å². The van der Waals surface area contributed by atoms with Crippen LogP contribution in [0.4, 0.5) is 0 Å². The van der Waals surface area contributed by atoms with Crippen LogP contribution in [0.15, 0.2) is 24.9 Å². The van der Waals surface area contributed by atoms with Crippen LogP contribution in [-0.4, -0.2) is 12.1 Å². The first-order chi connectivity index (χ1) is 9.17. The van der Waals surface area contributed by atoms with Crippen molar-refractivity contribution >= 4 is 0 Å². The molecule has 2 nitrogen and oxygen atoms in total. The molecule has 0 spiro atoms. The fourth-order valence-corrected chi connectivity index (χ4v) is 2.98. The highest BCUT2D eigenvalue weighted by molar-refractivity contribution is 5.01. The Morgan fingerprint density at radius 2 is 2.05 bits per heavy atom. The minimum Gasteiger partial charge on any atom is -0.384 e. The third kappa shape index (κ3) is 6.29. The molecule has 0 aromatic heterocycles. The van der Waals surface area contributed by atoms with Gasteiger partial charge in [-0.1, -0.05) is 58.1 Å². The average molecular weight is 264 g/mol. The lowest BCUT2D eigenvalue weighted by atomic mass is 9.83. The molecule has 1 unspecified atom stereocenters. The van der Waals surface area contributed by atoms with Gasteiger partial charge >= 0.3 is 0 Å². The molecule has 0 aromatic rings. The van der Waals surface area contributed by atoms with Crippen LogP contribution >= 0.6 is 0 Å². The summed E-state index contributed by atoms with van der Waals surface area (Å²) in [6.07, 6.45) is 13.4. The number of hydrogen-bond donors (Lipinski definition) is 2. The zero-order valence-corrected chi connectivity index (χ0v) is 12.7. The minimum atomic E-state index is 0.0281. The monoisotopic (exact) mass is 264 g/mol. The van der Waals surface area contributed by atoms with E-state index in [1.807, 2.05) is 6.08 Å². The Balaban J connectivity index is 2.45. The summed E-state index contributed by atoms with van der Waals surface area (Å²) in [4.78, 5) is 0. The van der Waals surface area contributed by atoms with E-state index in [4.69, 9.17) is 5.73 Å². The molecule has 1 saturated carbocycles. The van der Waals surface area contributed by atoms with Crippen molar-refractivity contribution in [2.24, 2.45) is 11.7 Å². The van der Waals surface area contributed by atoms with Gasteiger partial charge in [0.2, 0.25) is 0 Å². The van der Waals surface area contributed by atoms with Crippen LogP contribution in [0.3, 0.4) is 0 Å². The van der Waals surface area contributed by atoms with Crippen molar-refractivity contribution in [3.8, 4) is 0 Å². The van der Waals surface area contributed by atoms with E-state index in [1.165, 1.54) is 51.4 Å². The third-order valence-corrected chi connectivity index (χ3v) is 4.27. The van der Waals surface area contributed by atoms with E-state index in [0.29, 0.717) is 6.04 Å². The van der Waals surface area contributed by atoms with E-state index in [9.17, 15) is 0 Å². The predicted molar refractivity (Wildman–Crippen MR) is 85.0 cm³/mol. The van der Waals surface area contributed by atoms with Crippen LogP contribution in [0.2, 0.25) is 0 Å². The smallest absolute Gasteiger partial charge is 0.0447 e. The fraction of sp³-hybridized carbons (Fsp3) is 0.765. The first-order valence-corrected chi connectivity index (χ1v) is 7.99. The molecule has 19 heavy (non-hydrogen) atoms. The van der Waals surface area contributed by atoms with E-state index in [1.54, 1.807) is 0 Å². The molecule has 0 aliphatic heterocycles. The van der Waals surface area contributed by atoms with Gasteiger partial charge < -0.3 is 11.1 Å². The largest absolute Gasteiger partial charge is 0.384 e. The molecule has 1 fully saturated rings. The van der Waals surface area contributed by atoms with Gasteiger partial charge in [-0.05, 0) is 25.2 Å². The van der Waals surface area contributed by atoms with Crippen LogP contribution in [0.25, 0.3) is 0 Å². The topological polar surface area (TPSA) is 38.0 Å². The minimum absolute atomic E-state index is 0.0281. The first kappa shape index (κ1) is 16.3. The van der Waals surface area contributed by atoms with Gasteiger partial charge in [0.25, 0.3) is 0 Å². The summed E-state index contributed by atoms with van der Waals surface area (Å²) in [5.74, 6) is 0.830. The highest BCUT2D eigenvalue weighted by Crippen LogP contribution is 2.28. The standard InChI is InChI=1S/C17H32N2/c1-4-6-10-14(3)19-17(16(18)5-2)13-15-11-8-7-9-12-15/h5,15-17,19H,2-4,6-13,18H2,1H3/t16?,17-/m0/s1. The molecule has 0 bridgehead atoms. The summed E-state index contributed by atoms with van der Waals surface area (Å²) in [6.45, 7) is 10.2. The van der Waals surface area contributed by atoms with Crippen molar-refractivity contribution in [3.05, 3.63) is 24.9 Å². The molecule has 110 valence electrons. The molecule has 1 aliphatic rings. The molecule has 0 aromatic carbocycles. The van der Waals surface area contributed by atoms with E-state index >= 15 is 0 Å². The van der Waals surface area contributed by atoms with Crippen LogP contribution in [0, 0.1) is 5.92 Å². The van der Waals surface area contributed by atoms with E-state index < -0.39 is 0 Å². The van der Waals surface area contributed by atoms with Gasteiger partial charge in [-0.2, -0.15) is 0 Å². The molecule has 1 aliphatic carbocycles. The Labute approximate surface area is 119 Å². The van der Waals surface area contributed by atoms with Crippen LogP contribution in [0.5, 0.6) is 0 Å². The lowest BCUT2D eigenvalue weighted by Crippen LogP contribution is -2.44. The molecule has 0 amide bonds. The van der Waals surface area contributed by atoms with Crippen molar-refractivity contribution in [2.75, 3.05) is 0 Å². The quantitative estimate of drug-likeness (QED) is 0.614. The van der Waals surface area contributed by atoms with E-state index in [2.05, 4.69) is 25.4 Å². The van der Waals surface area contributed by atoms with Gasteiger partial charge in [0.15, 0.2) is 0 Å². The second-order valence-corrected chi connectivity index (χ2v) is 6.01. The Bertz CT molecular complexity index is 266. The SMILES string of the molecule is C=CC(N)[C@H](CC1CCCCC1)NC(=C)CCCC. The highest BCUT2D eigenvalue weighted by Gasteiger charge is 2.22. The summed E-state index contributed by atoms with van der Waals surface area (Å²) in [5.41, 5.74) is 7.33. The van der Waals surface area contributed by atoms with Crippen molar-refractivity contribution in [2.45, 2.75) is 76.8 Å². The van der Waals surface area contributed by atoms with Crippen LogP contribution in [-0.2, 0) is 0 Å². The molecule has 1 rings (SSSR count). The van der Waals surface area contributed by atoms with Gasteiger partial charge in [-0.25, -0.2) is 0 Å². The summed E-state index contributed by atoms with van der Waals surface area (Å²) < 4.78 is 0. The summed E-state index contributed by atoms with van der Waals surface area (Å²) in [5, 5.41) is 3.56. The molecule has 3 N–H and O–H groups in total. The van der Waals surface area contributed by atoms with Crippen molar-refractivity contribution < 1.29 is 0 Å². The summed E-state index contributed by atoms with van der Waals surface area (Å²) in [6, 6.07) is 0.338. The maximum atomic E-state index is 6.19. The molecule has 2 heteroatoms. The predicted octanol–water partition coefficient (Wildman–Crippen LogP) is 4.13. The van der Waals surface area contributed by atoms with Gasteiger partial charge in [-0.3, -0.25) is 0 Å². The third-order valence-electron chi connectivity index (χ3n) is 4.27. The van der Waals surface area contributed by atoms with Gasteiger partial charge in [0.05, 0.1) is 0 Å². The number of unbranched alkanes of at least 4 members (excludes halogenated alkanes) is 1. The molecular formula is C17H32N2.